The Morgan fingerprint density at radius 1 is 0.769 bits per heavy atom. The first kappa shape index (κ1) is 32.9. The number of rotatable bonds is 12. The average Bonchev–Trinajstić information content (AvgIpc) is 3.65. The van der Waals surface area contributed by atoms with E-state index in [0.717, 1.165) is 33.9 Å². The van der Waals surface area contributed by atoms with Gasteiger partial charge in [-0.3, -0.25) is 4.98 Å². The third-order valence-electron chi connectivity index (χ3n) is 8.76. The van der Waals surface area contributed by atoms with Crippen molar-refractivity contribution >= 4 is 67.0 Å². The Hall–Kier alpha value is -6.31. The van der Waals surface area contributed by atoms with E-state index in [1.54, 1.807) is 35.0 Å². The van der Waals surface area contributed by atoms with Gasteiger partial charge in [-0.2, -0.15) is 0 Å². The third kappa shape index (κ3) is 5.85. The molecule has 0 radical (unpaired) electrons. The number of alkyl halides is 3. The second kappa shape index (κ2) is 13.8. The van der Waals surface area contributed by atoms with Gasteiger partial charge in [0.15, 0.2) is 11.6 Å². The van der Waals surface area contributed by atoms with E-state index in [9.17, 15) is 22.0 Å². The van der Waals surface area contributed by atoms with Gasteiger partial charge in [0.2, 0.25) is 18.0 Å². The summed E-state index contributed by atoms with van der Waals surface area (Å²) in [5, 5.41) is 5.58. The highest BCUT2D eigenvalue weighted by Gasteiger charge is 2.24. The minimum atomic E-state index is -1.06. The Bertz CT molecular complexity index is 2590. The SMILES string of the molecule is FCCOc1cccc(Nc2ccc3c4ncccc4n(-[n+]4ccc5c(c4)c4ccc(N(CCF)c6ccc(F)c(F)c6)nc4n5CCF)c3n2)c1. The summed E-state index contributed by atoms with van der Waals surface area (Å²) in [5.41, 5.74) is 4.22. The molecule has 0 spiro atoms. The predicted molar refractivity (Wildman–Crippen MR) is 190 cm³/mol. The number of hydrogen-bond acceptors (Lipinski definition) is 6. The molecule has 0 atom stereocenters. The maximum absolute atomic E-state index is 14.2. The fourth-order valence-electron chi connectivity index (χ4n) is 6.54. The Morgan fingerprint density at radius 3 is 2.48 bits per heavy atom. The maximum Gasteiger partial charge on any atom is 0.210 e. The van der Waals surface area contributed by atoms with Crippen LogP contribution in [0.15, 0.2) is 104 Å². The number of nitrogens with zero attached hydrogens (tertiary/aromatic N) is 7. The minimum Gasteiger partial charge on any atom is -0.491 e. The number of fused-ring (bicyclic) bond motifs is 6. The quantitative estimate of drug-likeness (QED) is 0.102. The lowest BCUT2D eigenvalue weighted by molar-refractivity contribution is -0.719. The Labute approximate surface area is 293 Å². The molecule has 0 saturated carbocycles. The van der Waals surface area contributed by atoms with E-state index in [2.05, 4.69) is 10.3 Å². The molecule has 8 aromatic rings. The van der Waals surface area contributed by atoms with E-state index in [1.807, 2.05) is 64.2 Å². The molecular formula is C38H30F5N8O+. The van der Waals surface area contributed by atoms with E-state index >= 15 is 0 Å². The molecule has 8 rings (SSSR count). The van der Waals surface area contributed by atoms with Crippen molar-refractivity contribution in [2.75, 3.05) is 43.4 Å². The summed E-state index contributed by atoms with van der Waals surface area (Å²) in [4.78, 5) is 15.9. The van der Waals surface area contributed by atoms with Gasteiger partial charge in [0.25, 0.3) is 0 Å². The molecule has 6 aromatic heterocycles. The fraction of sp³-hybridized carbons (Fsp3) is 0.158. The summed E-state index contributed by atoms with van der Waals surface area (Å²) >= 11 is 0. The lowest BCUT2D eigenvalue weighted by Crippen LogP contribution is -2.41. The molecule has 14 heteroatoms. The minimum absolute atomic E-state index is 0.00462. The highest BCUT2D eigenvalue weighted by molar-refractivity contribution is 6.07. The van der Waals surface area contributed by atoms with Crippen molar-refractivity contribution in [1.29, 1.82) is 0 Å². The van der Waals surface area contributed by atoms with E-state index in [-0.39, 0.29) is 25.4 Å². The van der Waals surface area contributed by atoms with Crippen LogP contribution < -0.4 is 19.6 Å². The van der Waals surface area contributed by atoms with Gasteiger partial charge in [0.1, 0.15) is 60.7 Å². The van der Waals surface area contributed by atoms with Gasteiger partial charge in [0, 0.05) is 41.2 Å². The van der Waals surface area contributed by atoms with Gasteiger partial charge in [-0.1, -0.05) is 15.4 Å². The monoisotopic (exact) mass is 709 g/mol. The summed E-state index contributed by atoms with van der Waals surface area (Å²) in [5.74, 6) is -0.707. The standard InChI is InChI=1S/C38H30F5N8O/c39-13-18-49(25-6-9-30(42)31(43)22-25)35-11-8-27-29-23-48(17-12-32(29)50(19-14-40)37(27)47-35)51-33-5-2-16-44-36(33)28-7-10-34(46-38(28)51)45-24-3-1-4-26(21-24)52-20-15-41/h1-12,16-17,21-23H,13-15,18-20H2,(H,45,46)/q+1. The van der Waals surface area contributed by atoms with Gasteiger partial charge in [-0.25, -0.2) is 31.9 Å². The van der Waals surface area contributed by atoms with Crippen LogP contribution in [0, 0.1) is 11.6 Å². The predicted octanol–water partition coefficient (Wildman–Crippen LogP) is 8.13. The molecule has 1 N–H and O–H groups in total. The second-order valence-electron chi connectivity index (χ2n) is 11.9. The van der Waals surface area contributed by atoms with Crippen LogP contribution in [0.2, 0.25) is 0 Å². The number of anilines is 4. The average molecular weight is 710 g/mol. The van der Waals surface area contributed by atoms with E-state index in [0.29, 0.717) is 45.3 Å². The summed E-state index contributed by atoms with van der Waals surface area (Å²) in [6.45, 7) is -2.22. The largest absolute Gasteiger partial charge is 0.491 e. The Morgan fingerprint density at radius 2 is 1.65 bits per heavy atom. The molecule has 0 aliphatic carbocycles. The Balaban J connectivity index is 1.26. The lowest BCUT2D eigenvalue weighted by Gasteiger charge is -2.23. The molecule has 0 amide bonds. The number of ether oxygens (including phenoxy) is 1. The Kier molecular flexibility index (Phi) is 8.71. The van der Waals surface area contributed by atoms with Crippen LogP contribution in [0.5, 0.6) is 5.75 Å². The van der Waals surface area contributed by atoms with E-state index in [1.165, 1.54) is 11.0 Å². The molecule has 0 aliphatic heterocycles. The van der Waals surface area contributed by atoms with Gasteiger partial charge >= 0.3 is 0 Å². The molecular weight excluding hydrogens is 679 g/mol. The molecule has 2 aromatic carbocycles. The zero-order valence-electron chi connectivity index (χ0n) is 27.5. The van der Waals surface area contributed by atoms with Crippen LogP contribution in [0.25, 0.3) is 44.0 Å². The van der Waals surface area contributed by atoms with Gasteiger partial charge in [-0.05, 0) is 60.7 Å². The van der Waals surface area contributed by atoms with E-state index < -0.39 is 31.7 Å². The molecule has 0 bridgehead atoms. The fourth-order valence-corrected chi connectivity index (χ4v) is 6.54. The topological polar surface area (TPSA) is 76.9 Å². The lowest BCUT2D eigenvalue weighted by atomic mass is 10.2. The normalized spacial score (nSPS) is 11.6. The number of benzene rings is 2. The molecule has 0 saturated heterocycles. The maximum atomic E-state index is 14.2. The molecule has 0 fully saturated rings. The van der Waals surface area contributed by atoms with Crippen LogP contribution in [0.3, 0.4) is 0 Å². The van der Waals surface area contributed by atoms with Crippen LogP contribution >= 0.6 is 0 Å². The van der Waals surface area contributed by atoms with Crippen molar-refractivity contribution in [2.24, 2.45) is 0 Å². The summed E-state index contributed by atoms with van der Waals surface area (Å²) < 4.78 is 79.3. The van der Waals surface area contributed by atoms with Crippen LogP contribution in [-0.2, 0) is 6.54 Å². The first-order valence-electron chi connectivity index (χ1n) is 16.5. The van der Waals surface area contributed by atoms with Crippen LogP contribution in [0.4, 0.5) is 45.0 Å². The zero-order chi connectivity index (χ0) is 35.8. The highest BCUT2D eigenvalue weighted by Crippen LogP contribution is 2.33. The van der Waals surface area contributed by atoms with Crippen molar-refractivity contribution in [3.8, 4) is 5.75 Å². The van der Waals surface area contributed by atoms with Gasteiger partial charge < -0.3 is 19.5 Å². The molecule has 6 heterocycles. The third-order valence-corrected chi connectivity index (χ3v) is 8.76. The summed E-state index contributed by atoms with van der Waals surface area (Å²) in [7, 11) is 0. The van der Waals surface area contributed by atoms with E-state index in [4.69, 9.17) is 14.7 Å². The number of aryl methyl sites for hydroxylation is 1. The summed E-state index contributed by atoms with van der Waals surface area (Å²) in [6, 6.07) is 23.4. The van der Waals surface area contributed by atoms with Crippen molar-refractivity contribution in [1.82, 2.24) is 24.2 Å². The van der Waals surface area contributed by atoms with Crippen molar-refractivity contribution in [3.63, 3.8) is 0 Å². The molecule has 262 valence electrons. The first-order chi connectivity index (χ1) is 25.5. The van der Waals surface area contributed by atoms with Crippen LogP contribution in [0.1, 0.15) is 0 Å². The number of halogens is 5. The summed E-state index contributed by atoms with van der Waals surface area (Å²) in [6.07, 6.45) is 5.46. The molecule has 9 nitrogen and oxygen atoms in total. The second-order valence-corrected chi connectivity index (χ2v) is 11.9. The first-order valence-corrected chi connectivity index (χ1v) is 16.5. The van der Waals surface area contributed by atoms with Crippen molar-refractivity contribution in [3.05, 3.63) is 115 Å². The van der Waals surface area contributed by atoms with Crippen LogP contribution in [-0.4, -0.2) is 57.4 Å². The number of hydrogen-bond donors (Lipinski definition) is 1. The molecule has 0 unspecified atom stereocenters. The number of pyridine rings is 4. The molecule has 0 aliphatic rings. The number of aromatic nitrogens is 6. The molecule has 52 heavy (non-hydrogen) atoms. The smallest absolute Gasteiger partial charge is 0.210 e. The van der Waals surface area contributed by atoms with Gasteiger partial charge in [-0.15, -0.1) is 0 Å². The zero-order valence-corrected chi connectivity index (χ0v) is 27.5. The van der Waals surface area contributed by atoms with Crippen molar-refractivity contribution < 1.29 is 31.4 Å². The number of nitrogens with one attached hydrogen (secondary N) is 1. The van der Waals surface area contributed by atoms with Crippen molar-refractivity contribution in [2.45, 2.75) is 6.54 Å². The highest BCUT2D eigenvalue weighted by atomic mass is 19.2. The van der Waals surface area contributed by atoms with Gasteiger partial charge in [0.05, 0.1) is 29.4 Å².